The zero-order valence-corrected chi connectivity index (χ0v) is 8.44. The molecule has 1 aromatic heterocycles. The first-order valence-electron chi connectivity index (χ1n) is 4.53. The van der Waals surface area contributed by atoms with E-state index in [0.29, 0.717) is 5.56 Å². The predicted octanol–water partition coefficient (Wildman–Crippen LogP) is 0.554. The standard InChI is InChI=1S/C8H7N7O2/c16-15(17)7-4-2-1-3-6(7)5-9-10-8-11-13-14-12-8/h1-5H,(H2,10,11,12,13,14)/b9-5+. The van der Waals surface area contributed by atoms with Crippen molar-refractivity contribution in [2.24, 2.45) is 5.10 Å². The Bertz CT molecular complexity index is 537. The van der Waals surface area contributed by atoms with Gasteiger partial charge in [-0.2, -0.15) is 10.3 Å². The predicted molar refractivity (Wildman–Crippen MR) is 58.5 cm³/mol. The zero-order chi connectivity index (χ0) is 12.1. The van der Waals surface area contributed by atoms with Gasteiger partial charge in [0.15, 0.2) is 0 Å². The summed E-state index contributed by atoms with van der Waals surface area (Å²) in [5, 5.41) is 27.2. The number of nitrogens with zero attached hydrogens (tertiary/aromatic N) is 5. The highest BCUT2D eigenvalue weighted by molar-refractivity contribution is 5.85. The van der Waals surface area contributed by atoms with Crippen molar-refractivity contribution in [2.75, 3.05) is 5.43 Å². The van der Waals surface area contributed by atoms with E-state index in [4.69, 9.17) is 0 Å². The molecule has 0 saturated heterocycles. The number of tetrazole rings is 1. The van der Waals surface area contributed by atoms with Gasteiger partial charge in [-0.3, -0.25) is 10.1 Å². The fourth-order valence-electron chi connectivity index (χ4n) is 1.13. The van der Waals surface area contributed by atoms with E-state index < -0.39 is 4.92 Å². The Hall–Kier alpha value is -2.84. The van der Waals surface area contributed by atoms with E-state index in [1.165, 1.54) is 12.3 Å². The molecule has 0 spiro atoms. The maximum Gasteiger partial charge on any atom is 0.283 e. The Morgan fingerprint density at radius 2 is 2.29 bits per heavy atom. The summed E-state index contributed by atoms with van der Waals surface area (Å²) in [6.07, 6.45) is 1.31. The van der Waals surface area contributed by atoms with Crippen molar-refractivity contribution in [3.05, 3.63) is 39.9 Å². The van der Waals surface area contributed by atoms with Crippen molar-refractivity contribution in [2.45, 2.75) is 0 Å². The van der Waals surface area contributed by atoms with Gasteiger partial charge in [-0.1, -0.05) is 17.2 Å². The molecule has 0 atom stereocenters. The number of H-pyrrole nitrogens is 1. The molecule has 2 rings (SSSR count). The lowest BCUT2D eigenvalue weighted by Gasteiger charge is -1.95. The number of hydrazone groups is 1. The molecule has 0 amide bonds. The molecular formula is C8H7N7O2. The average Bonchev–Trinajstić information content (AvgIpc) is 2.82. The molecular weight excluding hydrogens is 226 g/mol. The first kappa shape index (κ1) is 10.7. The molecule has 0 saturated carbocycles. The largest absolute Gasteiger partial charge is 0.283 e. The second kappa shape index (κ2) is 4.79. The summed E-state index contributed by atoms with van der Waals surface area (Å²) >= 11 is 0. The fourth-order valence-corrected chi connectivity index (χ4v) is 1.13. The Balaban J connectivity index is 2.13. The number of rotatable bonds is 4. The first-order chi connectivity index (χ1) is 8.27. The Labute approximate surface area is 94.7 Å². The molecule has 0 aliphatic carbocycles. The number of hydrogen-bond acceptors (Lipinski definition) is 7. The van der Waals surface area contributed by atoms with Gasteiger partial charge in [0, 0.05) is 6.07 Å². The zero-order valence-electron chi connectivity index (χ0n) is 8.44. The van der Waals surface area contributed by atoms with Crippen LogP contribution in [0.25, 0.3) is 0 Å². The van der Waals surface area contributed by atoms with Crippen LogP contribution in [0.2, 0.25) is 0 Å². The number of nitrogens with one attached hydrogen (secondary N) is 2. The van der Waals surface area contributed by atoms with Gasteiger partial charge in [0.05, 0.1) is 16.7 Å². The maximum absolute atomic E-state index is 10.7. The maximum atomic E-state index is 10.7. The van der Waals surface area contributed by atoms with Crippen LogP contribution in [-0.4, -0.2) is 31.8 Å². The van der Waals surface area contributed by atoms with E-state index >= 15 is 0 Å². The van der Waals surface area contributed by atoms with E-state index in [1.54, 1.807) is 18.2 Å². The molecule has 9 nitrogen and oxygen atoms in total. The molecule has 0 aliphatic rings. The van der Waals surface area contributed by atoms with Crippen LogP contribution in [0.15, 0.2) is 29.4 Å². The molecule has 0 radical (unpaired) electrons. The van der Waals surface area contributed by atoms with Crippen LogP contribution in [0, 0.1) is 10.1 Å². The molecule has 17 heavy (non-hydrogen) atoms. The lowest BCUT2D eigenvalue weighted by Crippen LogP contribution is -1.96. The summed E-state index contributed by atoms with van der Waals surface area (Å²) < 4.78 is 0. The topological polar surface area (TPSA) is 122 Å². The van der Waals surface area contributed by atoms with Gasteiger partial charge in [0.25, 0.3) is 11.6 Å². The van der Waals surface area contributed by atoms with Crippen LogP contribution < -0.4 is 5.43 Å². The van der Waals surface area contributed by atoms with Crippen molar-refractivity contribution in [1.29, 1.82) is 0 Å². The van der Waals surface area contributed by atoms with Gasteiger partial charge in [-0.15, -0.1) is 5.10 Å². The van der Waals surface area contributed by atoms with E-state index in [-0.39, 0.29) is 11.6 Å². The van der Waals surface area contributed by atoms with Crippen molar-refractivity contribution >= 4 is 17.9 Å². The number of para-hydroxylation sites is 1. The minimum absolute atomic E-state index is 0.0221. The molecule has 1 aromatic carbocycles. The Kier molecular flexibility index (Phi) is 3.01. The highest BCUT2D eigenvalue weighted by Crippen LogP contribution is 2.15. The monoisotopic (exact) mass is 233 g/mol. The highest BCUT2D eigenvalue weighted by Gasteiger charge is 2.09. The second-order valence-corrected chi connectivity index (χ2v) is 2.92. The number of benzene rings is 1. The van der Waals surface area contributed by atoms with Crippen LogP contribution in [0.4, 0.5) is 11.6 Å². The molecule has 2 N–H and O–H groups in total. The van der Waals surface area contributed by atoms with Gasteiger partial charge < -0.3 is 0 Å². The molecule has 1 heterocycles. The third kappa shape index (κ3) is 2.59. The molecule has 9 heteroatoms. The van der Waals surface area contributed by atoms with E-state index in [1.807, 2.05) is 0 Å². The first-order valence-corrected chi connectivity index (χ1v) is 4.53. The summed E-state index contributed by atoms with van der Waals surface area (Å²) in [7, 11) is 0. The smallest absolute Gasteiger partial charge is 0.258 e. The second-order valence-electron chi connectivity index (χ2n) is 2.92. The summed E-state index contributed by atoms with van der Waals surface area (Å²) in [6.45, 7) is 0. The summed E-state index contributed by atoms with van der Waals surface area (Å²) in [5.74, 6) is 0.180. The minimum Gasteiger partial charge on any atom is -0.258 e. The van der Waals surface area contributed by atoms with Crippen molar-refractivity contribution in [3.63, 3.8) is 0 Å². The number of aromatic amines is 1. The Morgan fingerprint density at radius 3 is 3.00 bits per heavy atom. The lowest BCUT2D eigenvalue weighted by atomic mass is 10.2. The summed E-state index contributed by atoms with van der Waals surface area (Å²) in [6, 6.07) is 6.25. The number of nitro groups is 1. The SMILES string of the molecule is O=[N+]([O-])c1ccccc1/C=N/Nc1nn[nH]n1. The molecule has 86 valence electrons. The lowest BCUT2D eigenvalue weighted by molar-refractivity contribution is -0.385. The van der Waals surface area contributed by atoms with E-state index in [9.17, 15) is 10.1 Å². The van der Waals surface area contributed by atoms with Crippen LogP contribution in [0.3, 0.4) is 0 Å². The quantitative estimate of drug-likeness (QED) is 0.451. The van der Waals surface area contributed by atoms with Gasteiger partial charge in [-0.25, -0.2) is 5.43 Å². The number of aromatic nitrogens is 4. The van der Waals surface area contributed by atoms with Gasteiger partial charge >= 0.3 is 0 Å². The molecule has 0 fully saturated rings. The van der Waals surface area contributed by atoms with Crippen molar-refractivity contribution in [1.82, 2.24) is 20.6 Å². The fraction of sp³-hybridized carbons (Fsp3) is 0. The number of anilines is 1. The van der Waals surface area contributed by atoms with Crippen LogP contribution in [0.1, 0.15) is 5.56 Å². The van der Waals surface area contributed by atoms with Crippen molar-refractivity contribution in [3.8, 4) is 0 Å². The molecule has 0 bridgehead atoms. The third-order valence-corrected chi connectivity index (χ3v) is 1.85. The molecule has 0 aliphatic heterocycles. The van der Waals surface area contributed by atoms with Gasteiger partial charge in [0.1, 0.15) is 0 Å². The van der Waals surface area contributed by atoms with E-state index in [0.717, 1.165) is 0 Å². The molecule has 2 aromatic rings. The normalized spacial score (nSPS) is 10.6. The molecule has 0 unspecified atom stereocenters. The van der Waals surface area contributed by atoms with Crippen molar-refractivity contribution < 1.29 is 4.92 Å². The summed E-state index contributed by atoms with van der Waals surface area (Å²) in [4.78, 5) is 10.2. The third-order valence-electron chi connectivity index (χ3n) is 1.85. The van der Waals surface area contributed by atoms with E-state index in [2.05, 4.69) is 31.2 Å². The number of hydrogen-bond donors (Lipinski definition) is 2. The van der Waals surface area contributed by atoms with Gasteiger partial charge in [-0.05, 0) is 11.3 Å². The average molecular weight is 233 g/mol. The minimum atomic E-state index is -0.476. The number of nitro benzene ring substituents is 1. The van der Waals surface area contributed by atoms with Gasteiger partial charge in [0.2, 0.25) is 0 Å². The van der Waals surface area contributed by atoms with Crippen LogP contribution in [0.5, 0.6) is 0 Å². The summed E-state index contributed by atoms with van der Waals surface area (Å²) in [5.41, 5.74) is 2.83. The van der Waals surface area contributed by atoms with Crippen LogP contribution >= 0.6 is 0 Å². The Morgan fingerprint density at radius 1 is 1.47 bits per heavy atom. The highest BCUT2D eigenvalue weighted by atomic mass is 16.6. The van der Waals surface area contributed by atoms with Crippen LogP contribution in [-0.2, 0) is 0 Å².